The fourth-order valence-electron chi connectivity index (χ4n) is 3.58. The summed E-state index contributed by atoms with van der Waals surface area (Å²) in [5.74, 6) is 1.46. The van der Waals surface area contributed by atoms with Crippen LogP contribution in [0.4, 0.5) is 0 Å². The zero-order valence-electron chi connectivity index (χ0n) is 12.7. The molecule has 0 bridgehead atoms. The van der Waals surface area contributed by atoms with E-state index in [2.05, 4.69) is 67.1 Å². The minimum Gasteiger partial charge on any atom is -0.0622 e. The molecule has 1 fully saturated rings. The van der Waals surface area contributed by atoms with Crippen LogP contribution >= 0.6 is 0 Å². The highest BCUT2D eigenvalue weighted by Crippen LogP contribution is 2.34. The van der Waals surface area contributed by atoms with Gasteiger partial charge in [-0.25, -0.2) is 0 Å². The van der Waals surface area contributed by atoms with Gasteiger partial charge in [-0.3, -0.25) is 0 Å². The summed E-state index contributed by atoms with van der Waals surface area (Å²) in [6, 6.07) is 22.0. The molecule has 0 saturated heterocycles. The summed E-state index contributed by atoms with van der Waals surface area (Å²) in [6.45, 7) is 0. The van der Waals surface area contributed by atoms with Crippen LogP contribution in [0, 0.1) is 12.3 Å². The van der Waals surface area contributed by atoms with Gasteiger partial charge in [-0.1, -0.05) is 79.9 Å². The van der Waals surface area contributed by atoms with Gasteiger partial charge in [-0.05, 0) is 42.7 Å². The molecule has 21 heavy (non-hydrogen) atoms. The van der Waals surface area contributed by atoms with Crippen LogP contribution in [0.3, 0.4) is 0 Å². The summed E-state index contributed by atoms with van der Waals surface area (Å²) in [7, 11) is 0. The molecule has 1 radical (unpaired) electrons. The van der Waals surface area contributed by atoms with Crippen LogP contribution in [0.5, 0.6) is 0 Å². The van der Waals surface area contributed by atoms with E-state index in [9.17, 15) is 0 Å². The Labute approximate surface area is 129 Å². The lowest BCUT2D eigenvalue weighted by molar-refractivity contribution is 0.373. The van der Waals surface area contributed by atoms with Crippen molar-refractivity contribution in [3.05, 3.63) is 78.2 Å². The van der Waals surface area contributed by atoms with Crippen LogP contribution in [-0.4, -0.2) is 0 Å². The Morgan fingerprint density at radius 2 is 1.48 bits per heavy atom. The van der Waals surface area contributed by atoms with E-state index in [-0.39, 0.29) is 0 Å². The molecular formula is C21H25. The smallest absolute Gasteiger partial charge is 0.00894 e. The van der Waals surface area contributed by atoms with Gasteiger partial charge in [0.25, 0.3) is 0 Å². The summed E-state index contributed by atoms with van der Waals surface area (Å²) in [5.41, 5.74) is 2.92. The van der Waals surface area contributed by atoms with Crippen LogP contribution in [0.2, 0.25) is 0 Å². The monoisotopic (exact) mass is 277 g/mol. The van der Waals surface area contributed by atoms with E-state index in [0.717, 1.165) is 5.92 Å². The number of benzene rings is 2. The third kappa shape index (κ3) is 3.97. The van der Waals surface area contributed by atoms with Gasteiger partial charge in [0.05, 0.1) is 0 Å². The predicted octanol–water partition coefficient (Wildman–Crippen LogP) is 5.99. The minimum absolute atomic E-state index is 0.550. The Bertz CT molecular complexity index is 469. The first-order valence-electron chi connectivity index (χ1n) is 8.35. The maximum absolute atomic E-state index is 2.49. The van der Waals surface area contributed by atoms with Crippen LogP contribution in [-0.2, 0) is 0 Å². The second kappa shape index (κ2) is 7.45. The van der Waals surface area contributed by atoms with Crippen molar-refractivity contribution in [3.63, 3.8) is 0 Å². The Morgan fingerprint density at radius 1 is 0.857 bits per heavy atom. The molecule has 1 saturated carbocycles. The number of rotatable bonds is 5. The van der Waals surface area contributed by atoms with Crippen LogP contribution in [0.15, 0.2) is 60.7 Å². The molecule has 109 valence electrons. The normalized spacial score (nSPS) is 16.2. The van der Waals surface area contributed by atoms with Crippen LogP contribution < -0.4 is 0 Å². The van der Waals surface area contributed by atoms with Crippen molar-refractivity contribution in [1.82, 2.24) is 0 Å². The van der Waals surface area contributed by atoms with Gasteiger partial charge in [-0.2, -0.15) is 0 Å². The summed E-state index contributed by atoms with van der Waals surface area (Å²) in [6.07, 6.45) is 10.6. The molecule has 0 aromatic heterocycles. The van der Waals surface area contributed by atoms with Crippen molar-refractivity contribution in [2.24, 2.45) is 5.92 Å². The molecule has 1 aliphatic rings. The average Bonchev–Trinajstić information content (AvgIpc) is 2.58. The molecule has 0 heteroatoms. The fourth-order valence-corrected chi connectivity index (χ4v) is 3.58. The fraction of sp³-hybridized carbons (Fsp3) is 0.381. The maximum atomic E-state index is 2.49. The highest BCUT2D eigenvalue weighted by molar-refractivity contribution is 5.32. The van der Waals surface area contributed by atoms with Crippen molar-refractivity contribution in [1.29, 1.82) is 0 Å². The lowest BCUT2D eigenvalue weighted by Gasteiger charge is -2.24. The molecule has 0 amide bonds. The van der Waals surface area contributed by atoms with Gasteiger partial charge in [0.1, 0.15) is 0 Å². The van der Waals surface area contributed by atoms with Crippen molar-refractivity contribution >= 4 is 0 Å². The Morgan fingerprint density at radius 3 is 2.00 bits per heavy atom. The predicted molar refractivity (Wildman–Crippen MR) is 90.2 cm³/mol. The zero-order valence-corrected chi connectivity index (χ0v) is 12.7. The van der Waals surface area contributed by atoms with Gasteiger partial charge >= 0.3 is 0 Å². The van der Waals surface area contributed by atoms with Crippen LogP contribution in [0.25, 0.3) is 0 Å². The van der Waals surface area contributed by atoms with Crippen LogP contribution in [0.1, 0.15) is 55.6 Å². The summed E-state index contributed by atoms with van der Waals surface area (Å²) >= 11 is 0. The highest BCUT2D eigenvalue weighted by atomic mass is 14.2. The molecule has 0 spiro atoms. The zero-order chi connectivity index (χ0) is 14.3. The minimum atomic E-state index is 0.550. The van der Waals surface area contributed by atoms with E-state index >= 15 is 0 Å². The van der Waals surface area contributed by atoms with E-state index in [1.54, 1.807) is 0 Å². The number of hydrogen-bond acceptors (Lipinski definition) is 0. The summed E-state index contributed by atoms with van der Waals surface area (Å²) < 4.78 is 0. The van der Waals surface area contributed by atoms with E-state index in [4.69, 9.17) is 0 Å². The van der Waals surface area contributed by atoms with E-state index < -0.39 is 0 Å². The quantitative estimate of drug-likeness (QED) is 0.629. The standard InChI is InChI=1S/C21H25/c1-4-10-18(11-5-1)16-17-21(19-12-6-2-7-13-19)20-14-8-3-9-15-20/h2-4,6-9,12-15,18,21H,1,5,10-11,16-17H2. The second-order valence-corrected chi connectivity index (χ2v) is 6.27. The third-order valence-electron chi connectivity index (χ3n) is 4.79. The lowest BCUT2D eigenvalue weighted by Crippen LogP contribution is -2.09. The van der Waals surface area contributed by atoms with E-state index in [1.165, 1.54) is 49.7 Å². The first-order valence-corrected chi connectivity index (χ1v) is 8.35. The first-order chi connectivity index (χ1) is 10.4. The highest BCUT2D eigenvalue weighted by Gasteiger charge is 2.18. The van der Waals surface area contributed by atoms with Crippen molar-refractivity contribution in [3.8, 4) is 0 Å². The van der Waals surface area contributed by atoms with Crippen molar-refractivity contribution in [2.75, 3.05) is 0 Å². The Hall–Kier alpha value is -1.56. The molecule has 0 N–H and O–H groups in total. The topological polar surface area (TPSA) is 0 Å². The molecule has 0 nitrogen and oxygen atoms in total. The molecule has 2 aromatic carbocycles. The molecule has 0 heterocycles. The maximum Gasteiger partial charge on any atom is 0.00894 e. The molecule has 1 aliphatic carbocycles. The average molecular weight is 277 g/mol. The first kappa shape index (κ1) is 14.4. The Kier molecular flexibility index (Phi) is 5.10. The molecular weight excluding hydrogens is 252 g/mol. The third-order valence-corrected chi connectivity index (χ3v) is 4.79. The second-order valence-electron chi connectivity index (χ2n) is 6.27. The molecule has 2 aromatic rings. The van der Waals surface area contributed by atoms with Gasteiger partial charge in [0, 0.05) is 5.92 Å². The summed E-state index contributed by atoms with van der Waals surface area (Å²) in [5, 5.41) is 0. The molecule has 3 rings (SSSR count). The lowest BCUT2D eigenvalue weighted by atomic mass is 9.81. The van der Waals surface area contributed by atoms with Gasteiger partial charge in [-0.15, -0.1) is 0 Å². The molecule has 1 atom stereocenters. The molecule has 1 unspecified atom stereocenters. The van der Waals surface area contributed by atoms with E-state index in [0.29, 0.717) is 5.92 Å². The van der Waals surface area contributed by atoms with Gasteiger partial charge in [0.15, 0.2) is 0 Å². The van der Waals surface area contributed by atoms with Crippen molar-refractivity contribution in [2.45, 2.75) is 44.4 Å². The molecule has 0 aliphatic heterocycles. The van der Waals surface area contributed by atoms with Gasteiger partial charge in [0.2, 0.25) is 0 Å². The largest absolute Gasteiger partial charge is 0.0622 e. The number of hydrogen-bond donors (Lipinski definition) is 0. The SMILES string of the molecule is [CH]1CCCC(CCC(c2ccccc2)c2ccccc2)C1. The summed E-state index contributed by atoms with van der Waals surface area (Å²) in [4.78, 5) is 0. The Balaban J connectivity index is 1.73. The van der Waals surface area contributed by atoms with Crippen molar-refractivity contribution < 1.29 is 0 Å². The van der Waals surface area contributed by atoms with Gasteiger partial charge < -0.3 is 0 Å². The van der Waals surface area contributed by atoms with E-state index in [1.807, 2.05) is 0 Å².